The molecule has 1 saturated heterocycles. The van der Waals surface area contributed by atoms with Crippen molar-refractivity contribution in [2.24, 2.45) is 7.05 Å². The Labute approximate surface area is 167 Å². The van der Waals surface area contributed by atoms with Crippen molar-refractivity contribution in [3.63, 3.8) is 0 Å². The lowest BCUT2D eigenvalue weighted by Gasteiger charge is -2.33. The average Bonchev–Trinajstić information content (AvgIpc) is 2.66. The van der Waals surface area contributed by atoms with E-state index in [0.717, 1.165) is 16.8 Å². The van der Waals surface area contributed by atoms with Gasteiger partial charge in [-0.1, -0.05) is 55.5 Å². The second-order valence-corrected chi connectivity index (χ2v) is 14.4. The lowest BCUT2D eigenvalue weighted by molar-refractivity contribution is -0.665. The second kappa shape index (κ2) is 6.90. The number of nitrogens with zero attached hydrogens (tertiary/aromatic N) is 1. The van der Waals surface area contributed by atoms with Crippen molar-refractivity contribution in [2.45, 2.75) is 57.8 Å². The molecular weight excluding hydrogens is 342 g/mol. The number of hydrogen-bond donors (Lipinski definition) is 0. The van der Waals surface area contributed by atoms with Gasteiger partial charge in [-0.3, -0.25) is 0 Å². The monoisotopic (exact) mass is 376 g/mol. The zero-order chi connectivity index (χ0) is 20.9. The van der Waals surface area contributed by atoms with E-state index in [1.54, 1.807) is 6.07 Å². The average molecular weight is 377 g/mol. The highest BCUT2D eigenvalue weighted by Crippen LogP contribution is 2.39. The van der Waals surface area contributed by atoms with Crippen LogP contribution in [0.5, 0.6) is 0 Å². The molecule has 140 valence electrons. The number of aryl methyl sites for hydroxylation is 1. The molecule has 2 heterocycles. The van der Waals surface area contributed by atoms with Crippen LogP contribution in [0.2, 0.25) is 25.2 Å². The number of rotatable bonds is 2. The molecule has 0 spiro atoms. The zero-order valence-electron chi connectivity index (χ0n) is 19.3. The SMILES string of the molecule is [2H]c1cc([2H])c(C)c(-c2c3ccc(C4CC[Si](C)(C)CC4)cc3cc(C)[n+]2C)c1. The molecule has 1 aliphatic rings. The van der Waals surface area contributed by atoms with E-state index in [-0.39, 0.29) is 0 Å². The number of benzene rings is 2. The van der Waals surface area contributed by atoms with E-state index < -0.39 is 8.07 Å². The Morgan fingerprint density at radius 2 is 1.81 bits per heavy atom. The summed E-state index contributed by atoms with van der Waals surface area (Å²) in [6.45, 7) is 9.20. The first kappa shape index (κ1) is 16.1. The Morgan fingerprint density at radius 1 is 1.07 bits per heavy atom. The van der Waals surface area contributed by atoms with E-state index in [2.05, 4.69) is 55.9 Å². The molecule has 0 N–H and O–H groups in total. The Hall–Kier alpha value is -1.93. The van der Waals surface area contributed by atoms with Crippen LogP contribution in [0.1, 0.15) is 38.3 Å². The van der Waals surface area contributed by atoms with Gasteiger partial charge in [-0.2, -0.15) is 4.57 Å². The molecule has 0 bridgehead atoms. The lowest BCUT2D eigenvalue weighted by atomic mass is 9.90. The molecule has 27 heavy (non-hydrogen) atoms. The molecule has 0 unspecified atom stereocenters. The summed E-state index contributed by atoms with van der Waals surface area (Å²) >= 11 is 0. The maximum Gasteiger partial charge on any atom is 0.220 e. The first-order chi connectivity index (χ1) is 13.7. The van der Waals surface area contributed by atoms with Crippen LogP contribution in [0.3, 0.4) is 0 Å². The number of aromatic nitrogens is 1. The van der Waals surface area contributed by atoms with Gasteiger partial charge in [0.05, 0.1) is 8.13 Å². The van der Waals surface area contributed by atoms with Gasteiger partial charge in [0.1, 0.15) is 7.05 Å². The second-order valence-electron chi connectivity index (χ2n) is 9.12. The molecule has 1 aromatic heterocycles. The molecule has 2 aromatic carbocycles. The fraction of sp³-hybridized carbons (Fsp3) is 0.400. The standard InChI is InChI=1S/C25H32NSi/c1-18-8-6-7-9-23(18)25-24-11-10-21(17-22(24)16-19(2)26(25)3)20-12-14-27(4,5)15-13-20/h6-11,16-17,20H,12-15H2,1-5H3/q+1/i7D,8D. The molecular formula is C25H32NSi+. The summed E-state index contributed by atoms with van der Waals surface area (Å²) in [5.74, 6) is 0.691. The highest BCUT2D eigenvalue weighted by molar-refractivity contribution is 6.77. The Morgan fingerprint density at radius 3 is 2.56 bits per heavy atom. The van der Waals surface area contributed by atoms with Gasteiger partial charge in [-0.05, 0) is 54.3 Å². The van der Waals surface area contributed by atoms with Gasteiger partial charge in [0.25, 0.3) is 0 Å². The molecule has 1 nitrogen and oxygen atoms in total. The fourth-order valence-electron chi connectivity index (χ4n) is 4.61. The third kappa shape index (κ3) is 3.48. The normalized spacial score (nSPS) is 18.4. The Balaban J connectivity index is 1.86. The highest BCUT2D eigenvalue weighted by atomic mass is 28.3. The summed E-state index contributed by atoms with van der Waals surface area (Å²) in [5, 5.41) is 2.48. The van der Waals surface area contributed by atoms with Crippen LogP contribution in [0.4, 0.5) is 0 Å². The van der Waals surface area contributed by atoms with Crippen LogP contribution in [-0.4, -0.2) is 8.07 Å². The van der Waals surface area contributed by atoms with Crippen LogP contribution in [0.15, 0.2) is 48.5 Å². The van der Waals surface area contributed by atoms with Crippen LogP contribution in [0.25, 0.3) is 22.0 Å². The molecule has 2 heteroatoms. The summed E-state index contributed by atoms with van der Waals surface area (Å²) in [4.78, 5) is 0. The van der Waals surface area contributed by atoms with Crippen molar-refractivity contribution >= 4 is 18.8 Å². The molecule has 0 aliphatic carbocycles. The fourth-order valence-corrected chi connectivity index (χ4v) is 7.12. The highest BCUT2D eigenvalue weighted by Gasteiger charge is 2.29. The predicted octanol–water partition coefficient (Wildman–Crippen LogP) is 6.53. The summed E-state index contributed by atoms with van der Waals surface area (Å²) in [5.41, 5.74) is 5.73. The molecule has 4 rings (SSSR count). The Kier molecular flexibility index (Phi) is 4.11. The van der Waals surface area contributed by atoms with Gasteiger partial charge >= 0.3 is 0 Å². The van der Waals surface area contributed by atoms with Crippen molar-refractivity contribution in [2.75, 3.05) is 0 Å². The first-order valence-corrected chi connectivity index (χ1v) is 13.6. The maximum absolute atomic E-state index is 8.26. The molecule has 1 fully saturated rings. The minimum Gasteiger partial charge on any atom is -0.198 e. The van der Waals surface area contributed by atoms with E-state index >= 15 is 0 Å². The van der Waals surface area contributed by atoms with Crippen molar-refractivity contribution in [1.82, 2.24) is 0 Å². The van der Waals surface area contributed by atoms with E-state index in [4.69, 9.17) is 2.74 Å². The van der Waals surface area contributed by atoms with Crippen LogP contribution in [-0.2, 0) is 7.05 Å². The first-order valence-electron chi connectivity index (χ1n) is 11.2. The third-order valence-electron chi connectivity index (χ3n) is 6.63. The van der Waals surface area contributed by atoms with E-state index in [9.17, 15) is 0 Å². The molecule has 0 amide bonds. The predicted molar refractivity (Wildman–Crippen MR) is 119 cm³/mol. The molecule has 0 saturated carbocycles. The molecule has 0 radical (unpaired) electrons. The van der Waals surface area contributed by atoms with E-state index in [0.29, 0.717) is 18.0 Å². The van der Waals surface area contributed by atoms with Gasteiger partial charge < -0.3 is 0 Å². The molecule has 0 atom stereocenters. The zero-order valence-corrected chi connectivity index (χ0v) is 18.3. The quantitative estimate of drug-likeness (QED) is 0.353. The minimum atomic E-state index is -0.944. The summed E-state index contributed by atoms with van der Waals surface area (Å²) < 4.78 is 18.6. The van der Waals surface area contributed by atoms with Gasteiger partial charge in [0.2, 0.25) is 5.69 Å². The third-order valence-corrected chi connectivity index (χ3v) is 9.91. The summed E-state index contributed by atoms with van der Waals surface area (Å²) in [6, 6.07) is 16.5. The molecule has 3 aromatic rings. The van der Waals surface area contributed by atoms with Gasteiger partial charge in [-0.15, -0.1) is 0 Å². The number of hydrogen-bond acceptors (Lipinski definition) is 0. The topological polar surface area (TPSA) is 3.88 Å². The maximum atomic E-state index is 8.26. The van der Waals surface area contributed by atoms with Gasteiger partial charge in [0, 0.05) is 26.6 Å². The Bertz CT molecular complexity index is 1090. The van der Waals surface area contributed by atoms with Crippen LogP contribution < -0.4 is 4.57 Å². The van der Waals surface area contributed by atoms with Crippen molar-refractivity contribution in [3.05, 3.63) is 65.3 Å². The molecule has 1 aliphatic heterocycles. The van der Waals surface area contributed by atoms with Crippen molar-refractivity contribution in [3.8, 4) is 11.3 Å². The van der Waals surface area contributed by atoms with Gasteiger partial charge in [-0.25, -0.2) is 0 Å². The number of pyridine rings is 1. The smallest absolute Gasteiger partial charge is 0.198 e. The van der Waals surface area contributed by atoms with Crippen LogP contribution >= 0.6 is 0 Å². The van der Waals surface area contributed by atoms with E-state index in [1.807, 2.05) is 13.0 Å². The van der Waals surface area contributed by atoms with Gasteiger partial charge in [0.15, 0.2) is 5.69 Å². The number of fused-ring (bicyclic) bond motifs is 1. The van der Waals surface area contributed by atoms with Crippen LogP contribution in [0, 0.1) is 13.8 Å². The largest absolute Gasteiger partial charge is 0.220 e. The van der Waals surface area contributed by atoms with E-state index in [1.165, 1.54) is 47.0 Å². The van der Waals surface area contributed by atoms with Crippen molar-refractivity contribution in [1.29, 1.82) is 0 Å². The lowest BCUT2D eigenvalue weighted by Crippen LogP contribution is -2.35. The van der Waals surface area contributed by atoms with Crippen molar-refractivity contribution < 1.29 is 7.31 Å². The summed E-state index contributed by atoms with van der Waals surface area (Å²) in [6.07, 6.45) is 2.67. The minimum absolute atomic E-state index is 0.399. The summed E-state index contributed by atoms with van der Waals surface area (Å²) in [7, 11) is 1.14.